The summed E-state index contributed by atoms with van der Waals surface area (Å²) >= 11 is 0. The summed E-state index contributed by atoms with van der Waals surface area (Å²) in [6.45, 7) is 3.31. The summed E-state index contributed by atoms with van der Waals surface area (Å²) in [6, 6.07) is 0.903. The average molecular weight is 583 g/mol. The molecule has 2 bridgehead atoms. The zero-order valence-electron chi connectivity index (χ0n) is 23.7. The maximum Gasteiger partial charge on any atom is 0.276 e. The van der Waals surface area contributed by atoms with E-state index in [-0.39, 0.29) is 60.7 Å². The summed E-state index contributed by atoms with van der Waals surface area (Å²) < 4.78 is 34.5. The minimum atomic E-state index is -2.45. The van der Waals surface area contributed by atoms with Crippen molar-refractivity contribution in [3.05, 3.63) is 11.3 Å². The number of halogens is 2. The molecule has 0 spiro atoms. The lowest BCUT2D eigenvalue weighted by molar-refractivity contribution is -0.256. The minimum Gasteiger partial charge on any atom is -0.381 e. The Labute approximate surface area is 242 Å². The van der Waals surface area contributed by atoms with Gasteiger partial charge >= 0.3 is 0 Å². The van der Waals surface area contributed by atoms with Crippen molar-refractivity contribution in [2.75, 3.05) is 24.7 Å². The molecular weight excluding hydrogens is 546 g/mol. The molecule has 4 heterocycles. The lowest BCUT2D eigenvalue weighted by Crippen LogP contribution is -2.72. The third kappa shape index (κ3) is 3.55. The Morgan fingerprint density at radius 2 is 1.86 bits per heavy atom. The molecule has 9 rings (SSSR count). The zero-order valence-corrected chi connectivity index (χ0v) is 23.7. The van der Waals surface area contributed by atoms with Crippen molar-refractivity contribution in [2.24, 2.45) is 22.7 Å². The minimum absolute atomic E-state index is 0.0415. The highest BCUT2D eigenvalue weighted by molar-refractivity contribution is 6.06. The number of anilines is 1. The Morgan fingerprint density at radius 3 is 2.48 bits per heavy atom. The number of fused-ring (bicyclic) bond motifs is 2. The van der Waals surface area contributed by atoms with Crippen LogP contribution in [0.1, 0.15) is 92.7 Å². The first-order valence-corrected chi connectivity index (χ1v) is 15.5. The number of likely N-dealkylation sites (N-methyl/N-ethyl adjacent to an activating group) is 1. The Balaban J connectivity index is 1.20. The van der Waals surface area contributed by atoms with Crippen LogP contribution in [-0.4, -0.2) is 76.7 Å². The monoisotopic (exact) mass is 582 g/mol. The van der Waals surface area contributed by atoms with Crippen molar-refractivity contribution >= 4 is 23.5 Å². The molecule has 0 radical (unpaired) electrons. The van der Waals surface area contributed by atoms with Crippen LogP contribution in [0.15, 0.2) is 0 Å². The topological polar surface area (TPSA) is 121 Å². The molecule has 8 aliphatic rings. The van der Waals surface area contributed by atoms with Gasteiger partial charge in [0, 0.05) is 42.7 Å². The highest BCUT2D eigenvalue weighted by atomic mass is 19.3. The third-order valence-corrected chi connectivity index (χ3v) is 11.4. The zero-order chi connectivity index (χ0) is 29.1. The van der Waals surface area contributed by atoms with Crippen LogP contribution in [0.3, 0.4) is 0 Å². The van der Waals surface area contributed by atoms with Crippen molar-refractivity contribution in [3.8, 4) is 6.07 Å². The first-order valence-electron chi connectivity index (χ1n) is 15.5. The molecular formula is C30H36F2N6O4. The van der Waals surface area contributed by atoms with Crippen LogP contribution in [0.2, 0.25) is 0 Å². The van der Waals surface area contributed by atoms with E-state index in [4.69, 9.17) is 9.84 Å². The SMILES string of the molecule is CCN1C(=O)[C@@H](NC(=O)C23CC(C(F)F)(C2)C3)[C@@H](C2CC2)c2c(C(=O)N3[C@H](C#N)C[C@H]4C[C@H]43)nn(C3CCOCC3)c21. The van der Waals surface area contributed by atoms with Gasteiger partial charge in [0.15, 0.2) is 5.69 Å². The molecule has 3 amide bonds. The number of piperidine rings is 1. The number of aromatic nitrogens is 2. The van der Waals surface area contributed by atoms with Gasteiger partial charge in [-0.05, 0) is 76.5 Å². The van der Waals surface area contributed by atoms with Crippen molar-refractivity contribution in [1.29, 1.82) is 5.26 Å². The van der Waals surface area contributed by atoms with Crippen LogP contribution >= 0.6 is 0 Å². The lowest BCUT2D eigenvalue weighted by atomic mass is 9.35. The van der Waals surface area contributed by atoms with Crippen molar-refractivity contribution in [3.63, 3.8) is 0 Å². The number of likely N-dealkylation sites (tertiary alicyclic amines) is 1. The third-order valence-electron chi connectivity index (χ3n) is 11.4. The fourth-order valence-electron chi connectivity index (χ4n) is 8.99. The lowest BCUT2D eigenvalue weighted by Gasteiger charge is -2.68. The number of nitriles is 1. The summed E-state index contributed by atoms with van der Waals surface area (Å²) in [7, 11) is 0. The van der Waals surface area contributed by atoms with Crippen LogP contribution in [0.25, 0.3) is 0 Å². The maximum atomic E-state index is 14.3. The highest BCUT2D eigenvalue weighted by Gasteiger charge is 2.75. The van der Waals surface area contributed by atoms with Gasteiger partial charge in [0.05, 0.1) is 17.5 Å². The van der Waals surface area contributed by atoms with E-state index in [1.54, 1.807) is 9.80 Å². The summed E-state index contributed by atoms with van der Waals surface area (Å²) in [5, 5.41) is 17.9. The number of amides is 3. The van der Waals surface area contributed by atoms with Gasteiger partial charge in [0.2, 0.25) is 12.3 Å². The van der Waals surface area contributed by atoms with Gasteiger partial charge in [-0.3, -0.25) is 19.3 Å². The first-order chi connectivity index (χ1) is 20.2. The number of nitrogens with one attached hydrogen (secondary N) is 1. The highest BCUT2D eigenvalue weighted by Crippen LogP contribution is 2.75. The molecule has 0 unspecified atom stereocenters. The number of nitrogens with zero attached hydrogens (tertiary/aromatic N) is 5. The average Bonchev–Trinajstić information content (AvgIpc) is 3.85. The van der Waals surface area contributed by atoms with Crippen LogP contribution in [0.4, 0.5) is 14.6 Å². The van der Waals surface area contributed by atoms with Gasteiger partial charge in [-0.2, -0.15) is 10.4 Å². The number of ether oxygens (including phenoxy) is 1. The molecule has 1 N–H and O–H groups in total. The van der Waals surface area contributed by atoms with E-state index in [2.05, 4.69) is 11.4 Å². The second-order valence-corrected chi connectivity index (χ2v) is 13.9. The molecule has 5 saturated carbocycles. The van der Waals surface area contributed by atoms with Crippen LogP contribution in [0.5, 0.6) is 0 Å². The van der Waals surface area contributed by atoms with Crippen molar-refractivity contribution < 1.29 is 27.9 Å². The summed E-state index contributed by atoms with van der Waals surface area (Å²) in [4.78, 5) is 45.5. The second-order valence-electron chi connectivity index (χ2n) is 13.9. The largest absolute Gasteiger partial charge is 0.381 e. The number of alkyl halides is 2. The fourth-order valence-corrected chi connectivity index (χ4v) is 8.99. The molecule has 0 aromatic carbocycles. The smallest absolute Gasteiger partial charge is 0.276 e. The normalized spacial score (nSPS) is 38.4. The molecule has 2 saturated heterocycles. The number of hydrogen-bond acceptors (Lipinski definition) is 6. The molecule has 7 fully saturated rings. The Hall–Kier alpha value is -3.07. The van der Waals surface area contributed by atoms with Crippen LogP contribution in [-0.2, 0) is 14.3 Å². The van der Waals surface area contributed by atoms with Crippen LogP contribution in [0, 0.1) is 34.0 Å². The van der Waals surface area contributed by atoms with E-state index in [9.17, 15) is 28.4 Å². The van der Waals surface area contributed by atoms with Gasteiger partial charge in [-0.15, -0.1) is 0 Å². The summed E-state index contributed by atoms with van der Waals surface area (Å²) in [6.07, 6.45) is 2.69. The van der Waals surface area contributed by atoms with Crippen molar-refractivity contribution in [2.45, 2.75) is 101 Å². The molecule has 5 aliphatic carbocycles. The number of hydrogen-bond donors (Lipinski definition) is 1. The predicted octanol–water partition coefficient (Wildman–Crippen LogP) is 3.14. The predicted molar refractivity (Wildman–Crippen MR) is 144 cm³/mol. The molecule has 42 heavy (non-hydrogen) atoms. The Bertz CT molecular complexity index is 1390. The Morgan fingerprint density at radius 1 is 1.14 bits per heavy atom. The number of carbonyl (C=O) groups is 3. The fraction of sp³-hybridized carbons (Fsp3) is 0.767. The number of carbonyl (C=O) groups excluding carboxylic acids is 3. The van der Waals surface area contributed by atoms with Crippen molar-refractivity contribution in [1.82, 2.24) is 20.0 Å². The maximum absolute atomic E-state index is 14.3. The molecule has 224 valence electrons. The summed E-state index contributed by atoms with van der Waals surface area (Å²) in [5.74, 6) is -0.220. The van der Waals surface area contributed by atoms with Gasteiger partial charge in [0.25, 0.3) is 11.8 Å². The second kappa shape index (κ2) is 8.97. The Kier molecular flexibility index (Phi) is 5.67. The van der Waals surface area contributed by atoms with E-state index >= 15 is 0 Å². The van der Waals surface area contributed by atoms with E-state index in [1.807, 2.05) is 11.6 Å². The van der Waals surface area contributed by atoms with E-state index in [1.165, 1.54) is 0 Å². The molecule has 10 nitrogen and oxygen atoms in total. The van der Waals surface area contributed by atoms with E-state index < -0.39 is 35.3 Å². The molecule has 1 aromatic heterocycles. The van der Waals surface area contributed by atoms with E-state index in [0.29, 0.717) is 56.3 Å². The van der Waals surface area contributed by atoms with Gasteiger partial charge < -0.3 is 15.0 Å². The van der Waals surface area contributed by atoms with Gasteiger partial charge in [0.1, 0.15) is 17.9 Å². The van der Waals surface area contributed by atoms with E-state index in [0.717, 1.165) is 19.3 Å². The number of rotatable bonds is 7. The first kappa shape index (κ1) is 26.5. The molecule has 12 heteroatoms. The van der Waals surface area contributed by atoms with Gasteiger partial charge in [-0.25, -0.2) is 13.5 Å². The standard InChI is InChI=1S/C30H36F2N6O4/c1-2-36-24-21(20(15-3-4-15)22(25(36)39)34-28(41)30-12-29(13-30,14-30)27(31)32)23(35-38(24)17-5-7-42-8-6-17)26(40)37-18(11-33)9-16-10-19(16)37/h15-20,22,27H,2-10,12-14H2,1H3,(H,34,41)/t16-,18-,19+,20-,22-,29?,30?/m0/s1. The van der Waals surface area contributed by atoms with Crippen LogP contribution < -0.4 is 10.2 Å². The van der Waals surface area contributed by atoms with Gasteiger partial charge in [-0.1, -0.05) is 0 Å². The molecule has 5 atom stereocenters. The molecule has 1 aromatic rings. The quantitative estimate of drug-likeness (QED) is 0.528. The summed E-state index contributed by atoms with van der Waals surface area (Å²) in [5.41, 5.74) is -0.898. The molecule has 3 aliphatic heterocycles.